The maximum Gasteiger partial charge on any atom is 0.0478 e. The first-order chi connectivity index (χ1) is 9.25. The van der Waals surface area contributed by atoms with Crippen LogP contribution in [0.4, 0.5) is 0 Å². The van der Waals surface area contributed by atoms with Crippen LogP contribution in [-0.2, 0) is 0 Å². The van der Waals surface area contributed by atoms with E-state index in [-0.39, 0.29) is 0 Å². The quantitative estimate of drug-likeness (QED) is 0.766. The Morgan fingerprint density at radius 2 is 1.74 bits per heavy atom. The Labute approximate surface area is 117 Å². The predicted octanol–water partition coefficient (Wildman–Crippen LogP) is 1.64. The van der Waals surface area contributed by atoms with Gasteiger partial charge in [0, 0.05) is 37.8 Å². The number of hydrogen-bond acceptors (Lipinski definition) is 3. The van der Waals surface area contributed by atoms with Crippen LogP contribution in [0.1, 0.15) is 38.5 Å². The normalized spacial score (nSPS) is 33.9. The van der Waals surface area contributed by atoms with Gasteiger partial charge in [-0.15, -0.1) is 0 Å². The van der Waals surface area contributed by atoms with E-state index in [1.165, 1.54) is 77.8 Å². The van der Waals surface area contributed by atoms with Crippen molar-refractivity contribution in [2.45, 2.75) is 50.1 Å². The highest BCUT2D eigenvalue weighted by Crippen LogP contribution is 2.44. The summed E-state index contributed by atoms with van der Waals surface area (Å²) in [5.74, 6) is 0.978. The van der Waals surface area contributed by atoms with E-state index in [0.29, 0.717) is 5.54 Å². The SMILES string of the molecule is CN1CCC(CN2CC3(CCN3C3CCC3)C2)CC1. The highest BCUT2D eigenvalue weighted by molar-refractivity contribution is 5.13. The van der Waals surface area contributed by atoms with Gasteiger partial charge in [0.2, 0.25) is 0 Å². The van der Waals surface area contributed by atoms with E-state index in [0.717, 1.165) is 12.0 Å². The highest BCUT2D eigenvalue weighted by atomic mass is 15.4. The van der Waals surface area contributed by atoms with Gasteiger partial charge in [0.25, 0.3) is 0 Å². The molecule has 0 bridgehead atoms. The summed E-state index contributed by atoms with van der Waals surface area (Å²) in [7, 11) is 2.26. The number of hydrogen-bond donors (Lipinski definition) is 0. The lowest BCUT2D eigenvalue weighted by Gasteiger charge is -2.66. The molecule has 4 fully saturated rings. The third-order valence-electron chi connectivity index (χ3n) is 6.33. The minimum absolute atomic E-state index is 0.649. The third kappa shape index (κ3) is 2.14. The van der Waals surface area contributed by atoms with Crippen LogP contribution in [0.2, 0.25) is 0 Å². The molecule has 3 heteroatoms. The Kier molecular flexibility index (Phi) is 3.13. The van der Waals surface area contributed by atoms with E-state index in [4.69, 9.17) is 0 Å². The van der Waals surface area contributed by atoms with E-state index in [2.05, 4.69) is 21.7 Å². The van der Waals surface area contributed by atoms with Crippen molar-refractivity contribution in [3.8, 4) is 0 Å². The fourth-order valence-corrected chi connectivity index (χ4v) is 4.69. The van der Waals surface area contributed by atoms with Crippen LogP contribution >= 0.6 is 0 Å². The molecular weight excluding hydrogens is 234 g/mol. The van der Waals surface area contributed by atoms with Gasteiger partial charge >= 0.3 is 0 Å². The molecule has 0 aromatic rings. The molecule has 0 aromatic heterocycles. The van der Waals surface area contributed by atoms with Crippen LogP contribution in [0, 0.1) is 5.92 Å². The lowest BCUT2D eigenvalue weighted by atomic mass is 9.73. The first-order valence-corrected chi connectivity index (χ1v) is 8.43. The monoisotopic (exact) mass is 263 g/mol. The molecule has 3 heterocycles. The Bertz CT molecular complexity index is 325. The Balaban J connectivity index is 1.24. The summed E-state index contributed by atoms with van der Waals surface area (Å²) in [5.41, 5.74) is 0.649. The van der Waals surface area contributed by atoms with Gasteiger partial charge in [0.05, 0.1) is 0 Å². The molecular formula is C16H29N3. The lowest BCUT2D eigenvalue weighted by molar-refractivity contribution is -0.159. The van der Waals surface area contributed by atoms with E-state index in [1.807, 2.05) is 0 Å². The van der Waals surface area contributed by atoms with Crippen molar-refractivity contribution in [3.63, 3.8) is 0 Å². The first-order valence-electron chi connectivity index (χ1n) is 8.43. The van der Waals surface area contributed by atoms with E-state index in [1.54, 1.807) is 0 Å². The Hall–Kier alpha value is -0.120. The zero-order chi connectivity index (χ0) is 12.9. The van der Waals surface area contributed by atoms with Crippen molar-refractivity contribution in [1.29, 1.82) is 0 Å². The van der Waals surface area contributed by atoms with Gasteiger partial charge in [-0.2, -0.15) is 0 Å². The molecule has 3 aliphatic heterocycles. The molecule has 1 spiro atoms. The first kappa shape index (κ1) is 12.6. The van der Waals surface area contributed by atoms with Crippen LogP contribution in [0.3, 0.4) is 0 Å². The van der Waals surface area contributed by atoms with Crippen LogP contribution in [-0.4, -0.2) is 72.6 Å². The Morgan fingerprint density at radius 1 is 1.00 bits per heavy atom. The second-order valence-corrected chi connectivity index (χ2v) is 7.67. The summed E-state index contributed by atoms with van der Waals surface area (Å²) in [6.07, 6.45) is 8.77. The molecule has 3 saturated heterocycles. The fourth-order valence-electron chi connectivity index (χ4n) is 4.69. The summed E-state index contributed by atoms with van der Waals surface area (Å²) >= 11 is 0. The fraction of sp³-hybridized carbons (Fsp3) is 1.00. The van der Waals surface area contributed by atoms with Gasteiger partial charge in [0.15, 0.2) is 0 Å². The minimum atomic E-state index is 0.649. The summed E-state index contributed by atoms with van der Waals surface area (Å²) < 4.78 is 0. The Morgan fingerprint density at radius 3 is 2.26 bits per heavy atom. The zero-order valence-corrected chi connectivity index (χ0v) is 12.5. The average Bonchev–Trinajstić information content (AvgIpc) is 2.28. The van der Waals surface area contributed by atoms with Crippen LogP contribution < -0.4 is 0 Å². The molecule has 0 amide bonds. The van der Waals surface area contributed by atoms with Gasteiger partial charge in [-0.3, -0.25) is 9.80 Å². The standard InChI is InChI=1S/C16H29N3/c1-17-8-5-14(6-9-17)11-18-12-16(13-18)7-10-19(16)15-3-2-4-15/h14-15H,2-13H2,1H3. The van der Waals surface area contributed by atoms with E-state index in [9.17, 15) is 0 Å². The second kappa shape index (κ2) is 4.71. The van der Waals surface area contributed by atoms with Gasteiger partial charge in [0.1, 0.15) is 0 Å². The summed E-state index contributed by atoms with van der Waals surface area (Å²) in [6, 6.07) is 0.972. The van der Waals surface area contributed by atoms with Crippen LogP contribution in [0.25, 0.3) is 0 Å². The minimum Gasteiger partial charge on any atom is -0.306 e. The smallest absolute Gasteiger partial charge is 0.0478 e. The summed E-state index contributed by atoms with van der Waals surface area (Å²) in [4.78, 5) is 8.10. The topological polar surface area (TPSA) is 9.72 Å². The van der Waals surface area contributed by atoms with Crippen LogP contribution in [0.15, 0.2) is 0 Å². The van der Waals surface area contributed by atoms with Crippen molar-refractivity contribution < 1.29 is 0 Å². The second-order valence-electron chi connectivity index (χ2n) is 7.67. The lowest BCUT2D eigenvalue weighted by Crippen LogP contribution is -2.79. The molecule has 0 unspecified atom stereocenters. The van der Waals surface area contributed by atoms with Gasteiger partial charge in [-0.1, -0.05) is 6.42 Å². The molecule has 0 atom stereocenters. The summed E-state index contributed by atoms with van der Waals surface area (Å²) in [5, 5.41) is 0. The number of piperidine rings is 1. The van der Waals surface area contributed by atoms with Crippen LogP contribution in [0.5, 0.6) is 0 Å². The van der Waals surface area contributed by atoms with Gasteiger partial charge in [-0.05, 0) is 58.2 Å². The third-order valence-corrected chi connectivity index (χ3v) is 6.33. The highest BCUT2D eigenvalue weighted by Gasteiger charge is 2.55. The molecule has 3 nitrogen and oxygen atoms in total. The average molecular weight is 263 g/mol. The van der Waals surface area contributed by atoms with Gasteiger partial charge in [-0.25, -0.2) is 0 Å². The molecule has 0 aromatic carbocycles. The number of nitrogens with zero attached hydrogens (tertiary/aromatic N) is 3. The van der Waals surface area contributed by atoms with Crippen molar-refractivity contribution in [2.75, 3.05) is 46.3 Å². The van der Waals surface area contributed by atoms with Crippen molar-refractivity contribution in [1.82, 2.24) is 14.7 Å². The van der Waals surface area contributed by atoms with E-state index >= 15 is 0 Å². The van der Waals surface area contributed by atoms with Crippen molar-refractivity contribution in [2.24, 2.45) is 5.92 Å². The molecule has 108 valence electrons. The largest absolute Gasteiger partial charge is 0.306 e. The zero-order valence-electron chi connectivity index (χ0n) is 12.5. The van der Waals surface area contributed by atoms with Gasteiger partial charge < -0.3 is 4.90 Å². The van der Waals surface area contributed by atoms with E-state index < -0.39 is 0 Å². The molecule has 19 heavy (non-hydrogen) atoms. The molecule has 1 aliphatic carbocycles. The molecule has 0 N–H and O–H groups in total. The predicted molar refractivity (Wildman–Crippen MR) is 78.4 cm³/mol. The van der Waals surface area contributed by atoms with Crippen molar-refractivity contribution >= 4 is 0 Å². The summed E-state index contributed by atoms with van der Waals surface area (Å²) in [6.45, 7) is 8.18. The molecule has 0 radical (unpaired) electrons. The molecule has 1 saturated carbocycles. The molecule has 4 aliphatic rings. The number of likely N-dealkylation sites (tertiary alicyclic amines) is 3. The maximum absolute atomic E-state index is 2.86. The van der Waals surface area contributed by atoms with Crippen molar-refractivity contribution in [3.05, 3.63) is 0 Å². The molecule has 4 rings (SSSR count). The maximum atomic E-state index is 2.86. The number of rotatable bonds is 3.